The number of aliphatic hydroxyl groups excluding tert-OH is 2. The molecule has 0 aromatic carbocycles. The van der Waals surface area contributed by atoms with Crippen molar-refractivity contribution < 1.29 is 24.5 Å². The van der Waals surface area contributed by atoms with E-state index in [9.17, 15) is 14.7 Å². The quantitative estimate of drug-likeness (QED) is 0.277. The van der Waals surface area contributed by atoms with Crippen LogP contribution in [0.1, 0.15) is 26.7 Å². The number of rotatable bonds is 13. The normalized spacial score (nSPS) is 13.4. The van der Waals surface area contributed by atoms with E-state index in [0.717, 1.165) is 0 Å². The molecule has 0 saturated carbocycles. The Bertz CT molecular complexity index is 360. The van der Waals surface area contributed by atoms with Gasteiger partial charge in [-0.05, 0) is 12.3 Å². The number of carbonyl (C=O) groups excluding carboxylic acids is 2. The van der Waals surface area contributed by atoms with Gasteiger partial charge in [0.2, 0.25) is 11.8 Å². The van der Waals surface area contributed by atoms with E-state index in [4.69, 9.17) is 9.84 Å². The molecule has 2 atom stereocenters. The zero-order chi connectivity index (χ0) is 17.7. The first-order valence-electron chi connectivity index (χ1n) is 7.93. The number of ether oxygens (including phenoxy) is 1. The van der Waals surface area contributed by atoms with E-state index < -0.39 is 5.92 Å². The number of allylic oxidation sites excluding steroid dienone is 1. The van der Waals surface area contributed by atoms with Crippen LogP contribution >= 0.6 is 0 Å². The van der Waals surface area contributed by atoms with Gasteiger partial charge in [0.15, 0.2) is 0 Å². The molecule has 7 nitrogen and oxygen atoms in total. The van der Waals surface area contributed by atoms with E-state index in [1.807, 2.05) is 13.8 Å². The lowest BCUT2D eigenvalue weighted by Crippen LogP contribution is -2.45. The fourth-order valence-corrected chi connectivity index (χ4v) is 1.93. The average Bonchev–Trinajstić information content (AvgIpc) is 2.51. The molecule has 0 aromatic heterocycles. The van der Waals surface area contributed by atoms with Gasteiger partial charge < -0.3 is 25.6 Å². The van der Waals surface area contributed by atoms with Crippen LogP contribution in [0.4, 0.5) is 0 Å². The molecule has 0 heterocycles. The van der Waals surface area contributed by atoms with E-state index in [1.165, 1.54) is 0 Å². The van der Waals surface area contributed by atoms with Crippen molar-refractivity contribution in [3.63, 3.8) is 0 Å². The predicted octanol–water partition coefficient (Wildman–Crippen LogP) is -0.173. The van der Waals surface area contributed by atoms with Gasteiger partial charge in [-0.1, -0.05) is 19.9 Å². The highest BCUT2D eigenvalue weighted by Gasteiger charge is 2.24. The monoisotopic (exact) mass is 330 g/mol. The molecule has 0 aromatic rings. The Kier molecular flexibility index (Phi) is 12.2. The molecule has 23 heavy (non-hydrogen) atoms. The Morgan fingerprint density at radius 3 is 2.48 bits per heavy atom. The Hall–Kier alpha value is -1.44. The van der Waals surface area contributed by atoms with Crippen LogP contribution in [0.25, 0.3) is 0 Å². The van der Waals surface area contributed by atoms with E-state index in [1.54, 1.807) is 6.08 Å². The van der Waals surface area contributed by atoms with Crippen LogP contribution in [0.5, 0.6) is 0 Å². The van der Waals surface area contributed by atoms with E-state index in [2.05, 4.69) is 17.2 Å². The molecule has 134 valence electrons. The molecule has 0 spiro atoms. The van der Waals surface area contributed by atoms with Gasteiger partial charge >= 0.3 is 0 Å². The molecule has 2 amide bonds. The summed E-state index contributed by atoms with van der Waals surface area (Å²) in [6.07, 6.45) is 2.04. The second-order valence-corrected chi connectivity index (χ2v) is 5.65. The minimum atomic E-state index is -0.515. The smallest absolute Gasteiger partial charge is 0.224 e. The van der Waals surface area contributed by atoms with Gasteiger partial charge in [-0.2, -0.15) is 0 Å². The molecule has 0 fully saturated rings. The number of hydrogen-bond donors (Lipinski definition) is 4. The van der Waals surface area contributed by atoms with Crippen molar-refractivity contribution in [2.24, 2.45) is 11.8 Å². The van der Waals surface area contributed by atoms with Gasteiger partial charge in [-0.25, -0.2) is 0 Å². The Labute approximate surface area is 138 Å². The molecule has 0 saturated heterocycles. The van der Waals surface area contributed by atoms with Crippen molar-refractivity contribution in [1.29, 1.82) is 0 Å². The number of aliphatic hydroxyl groups is 2. The minimum Gasteiger partial charge on any atom is -0.394 e. The summed E-state index contributed by atoms with van der Waals surface area (Å²) in [6.45, 7) is 8.10. The molecule has 0 aliphatic rings. The molecule has 0 rings (SSSR count). The number of hydrogen-bond acceptors (Lipinski definition) is 5. The summed E-state index contributed by atoms with van der Waals surface area (Å²) in [5.41, 5.74) is 0. The highest BCUT2D eigenvalue weighted by molar-refractivity contribution is 5.86. The van der Waals surface area contributed by atoms with Crippen molar-refractivity contribution in [2.75, 3.05) is 33.0 Å². The molecule has 7 heteroatoms. The number of amides is 2. The maximum absolute atomic E-state index is 12.3. The van der Waals surface area contributed by atoms with Gasteiger partial charge in [0.1, 0.15) is 0 Å². The predicted molar refractivity (Wildman–Crippen MR) is 87.7 cm³/mol. The molecule has 4 N–H and O–H groups in total. The minimum absolute atomic E-state index is 0.0497. The Balaban J connectivity index is 4.34. The lowest BCUT2D eigenvalue weighted by molar-refractivity contribution is -0.131. The molecule has 0 radical (unpaired) electrons. The van der Waals surface area contributed by atoms with Crippen molar-refractivity contribution in [3.8, 4) is 0 Å². The highest BCUT2D eigenvalue weighted by atomic mass is 16.5. The summed E-state index contributed by atoms with van der Waals surface area (Å²) in [7, 11) is 0. The van der Waals surface area contributed by atoms with E-state index in [-0.39, 0.29) is 50.0 Å². The SMILES string of the molecule is C=CC[C@@H](CC(=O)NCCOCCO)C(=O)N[C@H](CO)C(C)C. The Morgan fingerprint density at radius 1 is 1.26 bits per heavy atom. The maximum Gasteiger partial charge on any atom is 0.224 e. The summed E-state index contributed by atoms with van der Waals surface area (Å²) in [5.74, 6) is -0.918. The molecule has 0 aliphatic heterocycles. The van der Waals surface area contributed by atoms with Gasteiger partial charge in [-0.15, -0.1) is 6.58 Å². The molecular weight excluding hydrogens is 300 g/mol. The average molecular weight is 330 g/mol. The molecular formula is C16H30N2O5. The zero-order valence-electron chi connectivity index (χ0n) is 14.1. The fraction of sp³-hybridized carbons (Fsp3) is 0.750. The fourth-order valence-electron chi connectivity index (χ4n) is 1.93. The second-order valence-electron chi connectivity index (χ2n) is 5.65. The first kappa shape index (κ1) is 21.6. The van der Waals surface area contributed by atoms with Crippen LogP contribution in [0.3, 0.4) is 0 Å². The summed E-state index contributed by atoms with van der Waals surface area (Å²) in [5, 5.41) is 23.3. The van der Waals surface area contributed by atoms with Crippen LogP contribution in [0, 0.1) is 11.8 Å². The van der Waals surface area contributed by atoms with Gasteiger partial charge in [0.25, 0.3) is 0 Å². The van der Waals surface area contributed by atoms with Crippen LogP contribution in [0.15, 0.2) is 12.7 Å². The lowest BCUT2D eigenvalue weighted by Gasteiger charge is -2.23. The molecule has 0 aliphatic carbocycles. The lowest BCUT2D eigenvalue weighted by atomic mass is 9.97. The van der Waals surface area contributed by atoms with Crippen LogP contribution in [-0.2, 0) is 14.3 Å². The summed E-state index contributed by atoms with van der Waals surface area (Å²) in [4.78, 5) is 24.1. The topological polar surface area (TPSA) is 108 Å². The van der Waals surface area contributed by atoms with Crippen LogP contribution in [-0.4, -0.2) is 61.0 Å². The van der Waals surface area contributed by atoms with Crippen molar-refractivity contribution in [2.45, 2.75) is 32.7 Å². The highest BCUT2D eigenvalue weighted by Crippen LogP contribution is 2.11. The number of nitrogens with one attached hydrogen (secondary N) is 2. The summed E-state index contributed by atoms with van der Waals surface area (Å²) < 4.78 is 5.04. The Morgan fingerprint density at radius 2 is 1.96 bits per heavy atom. The maximum atomic E-state index is 12.3. The van der Waals surface area contributed by atoms with Gasteiger partial charge in [0.05, 0.1) is 38.4 Å². The van der Waals surface area contributed by atoms with Gasteiger partial charge in [-0.3, -0.25) is 9.59 Å². The van der Waals surface area contributed by atoms with Gasteiger partial charge in [0, 0.05) is 13.0 Å². The van der Waals surface area contributed by atoms with E-state index >= 15 is 0 Å². The third-order valence-electron chi connectivity index (χ3n) is 3.39. The van der Waals surface area contributed by atoms with Crippen molar-refractivity contribution >= 4 is 11.8 Å². The third kappa shape index (κ3) is 10.0. The second kappa shape index (κ2) is 13.0. The first-order valence-corrected chi connectivity index (χ1v) is 7.93. The summed E-state index contributed by atoms with van der Waals surface area (Å²) in [6, 6.07) is -0.329. The zero-order valence-corrected chi connectivity index (χ0v) is 14.1. The van der Waals surface area contributed by atoms with E-state index in [0.29, 0.717) is 19.6 Å². The largest absolute Gasteiger partial charge is 0.394 e. The summed E-state index contributed by atoms with van der Waals surface area (Å²) >= 11 is 0. The van der Waals surface area contributed by atoms with Crippen LogP contribution in [0.2, 0.25) is 0 Å². The first-order chi connectivity index (χ1) is 11.0. The number of carbonyl (C=O) groups is 2. The van der Waals surface area contributed by atoms with Crippen molar-refractivity contribution in [3.05, 3.63) is 12.7 Å². The van der Waals surface area contributed by atoms with Crippen LogP contribution < -0.4 is 10.6 Å². The molecule has 0 bridgehead atoms. The molecule has 0 unspecified atom stereocenters. The third-order valence-corrected chi connectivity index (χ3v) is 3.39. The van der Waals surface area contributed by atoms with Crippen molar-refractivity contribution in [1.82, 2.24) is 10.6 Å². The standard InChI is InChI=1S/C16H30N2O5/c1-4-5-13(16(22)18-14(11-20)12(2)3)10-15(21)17-6-8-23-9-7-19/h4,12-14,19-20H,1,5-11H2,2-3H3,(H,17,21)(H,18,22)/t13-,14+/m0/s1.